The first kappa shape index (κ1) is 18.4. The predicted molar refractivity (Wildman–Crippen MR) is 103 cm³/mol. The average Bonchev–Trinajstić information content (AvgIpc) is 2.67. The maximum Gasteiger partial charge on any atom is 0.252 e. The third-order valence-corrected chi connectivity index (χ3v) is 4.88. The fourth-order valence-electron chi connectivity index (χ4n) is 3.32. The Bertz CT molecular complexity index is 727. The Morgan fingerprint density at radius 2 is 2.04 bits per heavy atom. The van der Waals surface area contributed by atoms with Crippen molar-refractivity contribution in [1.29, 1.82) is 0 Å². The third kappa shape index (κ3) is 4.41. The number of anilines is 1. The molecular weight excluding hydrogens is 326 g/mol. The van der Waals surface area contributed by atoms with Gasteiger partial charge in [0, 0.05) is 38.5 Å². The minimum absolute atomic E-state index is 0.0438. The summed E-state index contributed by atoms with van der Waals surface area (Å²) in [5, 5.41) is 3.04. The van der Waals surface area contributed by atoms with E-state index >= 15 is 0 Å². The van der Waals surface area contributed by atoms with Crippen LogP contribution in [0.15, 0.2) is 48.7 Å². The highest BCUT2D eigenvalue weighted by Crippen LogP contribution is 2.25. The van der Waals surface area contributed by atoms with Crippen LogP contribution in [0.4, 0.5) is 5.82 Å². The zero-order valence-corrected chi connectivity index (χ0v) is 15.6. The molecule has 138 valence electrons. The number of carbonyl (C=O) groups is 1. The molecule has 1 fully saturated rings. The minimum atomic E-state index is -0.712. The molecule has 0 spiro atoms. The van der Waals surface area contributed by atoms with Crippen LogP contribution in [-0.4, -0.2) is 30.1 Å². The third-order valence-electron chi connectivity index (χ3n) is 4.88. The van der Waals surface area contributed by atoms with Crippen LogP contribution in [0, 0.1) is 0 Å². The van der Waals surface area contributed by atoms with Crippen LogP contribution in [0.3, 0.4) is 0 Å². The number of hydrogen-bond acceptors (Lipinski definition) is 4. The SMILES string of the molecule is CN(Cc1ccccc1)c1ncccc1CNC(=O)C1(C)CCCCO1. The molecule has 1 amide bonds. The molecule has 2 aromatic rings. The molecule has 1 unspecified atom stereocenters. The Morgan fingerprint density at radius 1 is 1.23 bits per heavy atom. The van der Waals surface area contributed by atoms with Gasteiger partial charge in [-0.2, -0.15) is 0 Å². The number of aromatic nitrogens is 1. The summed E-state index contributed by atoms with van der Waals surface area (Å²) in [7, 11) is 2.02. The molecule has 1 aliphatic heterocycles. The number of pyridine rings is 1. The maximum atomic E-state index is 12.6. The van der Waals surface area contributed by atoms with E-state index in [0.717, 1.165) is 37.2 Å². The van der Waals surface area contributed by atoms with E-state index in [9.17, 15) is 4.79 Å². The van der Waals surface area contributed by atoms with Gasteiger partial charge in [0.25, 0.3) is 5.91 Å². The zero-order chi connectivity index (χ0) is 18.4. The number of ether oxygens (including phenoxy) is 1. The predicted octanol–water partition coefficient (Wildman–Crippen LogP) is 3.29. The zero-order valence-electron chi connectivity index (χ0n) is 15.6. The van der Waals surface area contributed by atoms with E-state index in [1.54, 1.807) is 6.20 Å². The van der Waals surface area contributed by atoms with Gasteiger partial charge in [0.2, 0.25) is 0 Å². The van der Waals surface area contributed by atoms with Crippen LogP contribution in [0.5, 0.6) is 0 Å². The first-order valence-corrected chi connectivity index (χ1v) is 9.20. The monoisotopic (exact) mass is 353 g/mol. The van der Waals surface area contributed by atoms with Gasteiger partial charge in [0.1, 0.15) is 11.4 Å². The lowest BCUT2D eigenvalue weighted by molar-refractivity contribution is -0.150. The van der Waals surface area contributed by atoms with Crippen LogP contribution in [-0.2, 0) is 22.6 Å². The first-order chi connectivity index (χ1) is 12.6. The Balaban J connectivity index is 1.66. The fraction of sp³-hybridized carbons (Fsp3) is 0.429. The second-order valence-electron chi connectivity index (χ2n) is 7.05. The van der Waals surface area contributed by atoms with Crippen molar-refractivity contribution in [1.82, 2.24) is 10.3 Å². The summed E-state index contributed by atoms with van der Waals surface area (Å²) in [5.74, 6) is 0.837. The summed E-state index contributed by atoms with van der Waals surface area (Å²) in [4.78, 5) is 19.2. The van der Waals surface area contributed by atoms with Crippen molar-refractivity contribution in [2.75, 3.05) is 18.6 Å². The molecule has 1 saturated heterocycles. The van der Waals surface area contributed by atoms with E-state index in [-0.39, 0.29) is 5.91 Å². The Kier molecular flexibility index (Phi) is 5.89. The molecule has 1 aromatic carbocycles. The lowest BCUT2D eigenvalue weighted by Crippen LogP contribution is -2.48. The van der Waals surface area contributed by atoms with Crippen LogP contribution >= 0.6 is 0 Å². The lowest BCUT2D eigenvalue weighted by atomic mass is 9.95. The largest absolute Gasteiger partial charge is 0.365 e. The van der Waals surface area contributed by atoms with E-state index in [0.29, 0.717) is 13.2 Å². The van der Waals surface area contributed by atoms with E-state index in [1.807, 2.05) is 44.3 Å². The summed E-state index contributed by atoms with van der Waals surface area (Å²) in [6.45, 7) is 3.74. The molecule has 0 radical (unpaired) electrons. The van der Waals surface area contributed by atoms with Crippen molar-refractivity contribution in [3.63, 3.8) is 0 Å². The van der Waals surface area contributed by atoms with Gasteiger partial charge in [-0.1, -0.05) is 36.4 Å². The number of rotatable bonds is 6. The highest BCUT2D eigenvalue weighted by atomic mass is 16.5. The number of hydrogen-bond donors (Lipinski definition) is 1. The van der Waals surface area contributed by atoms with E-state index in [4.69, 9.17) is 4.74 Å². The number of carbonyl (C=O) groups excluding carboxylic acids is 1. The van der Waals surface area contributed by atoms with E-state index in [1.165, 1.54) is 5.56 Å². The summed E-state index contributed by atoms with van der Waals surface area (Å²) in [5.41, 5.74) is 1.51. The molecule has 0 aliphatic carbocycles. The van der Waals surface area contributed by atoms with Gasteiger partial charge in [-0.15, -0.1) is 0 Å². The number of nitrogens with one attached hydrogen (secondary N) is 1. The number of amides is 1. The number of benzene rings is 1. The van der Waals surface area contributed by atoms with Crippen LogP contribution in [0.25, 0.3) is 0 Å². The van der Waals surface area contributed by atoms with Crippen molar-refractivity contribution in [2.45, 2.75) is 44.9 Å². The smallest absolute Gasteiger partial charge is 0.252 e. The van der Waals surface area contributed by atoms with Crippen molar-refractivity contribution in [3.8, 4) is 0 Å². The molecule has 26 heavy (non-hydrogen) atoms. The Hall–Kier alpha value is -2.40. The van der Waals surface area contributed by atoms with Crippen molar-refractivity contribution >= 4 is 11.7 Å². The summed E-state index contributed by atoms with van der Waals surface area (Å²) < 4.78 is 5.73. The van der Waals surface area contributed by atoms with Crippen molar-refractivity contribution in [3.05, 3.63) is 59.8 Å². The van der Waals surface area contributed by atoms with Gasteiger partial charge in [-0.3, -0.25) is 4.79 Å². The summed E-state index contributed by atoms with van der Waals surface area (Å²) in [6.07, 6.45) is 4.61. The summed E-state index contributed by atoms with van der Waals surface area (Å²) in [6, 6.07) is 14.2. The molecule has 1 N–H and O–H groups in total. The normalized spacial score (nSPS) is 19.8. The molecule has 0 bridgehead atoms. The molecule has 1 atom stereocenters. The Morgan fingerprint density at radius 3 is 2.77 bits per heavy atom. The van der Waals surface area contributed by atoms with Gasteiger partial charge < -0.3 is 15.0 Å². The van der Waals surface area contributed by atoms with E-state index < -0.39 is 5.60 Å². The molecular formula is C21H27N3O2. The molecule has 3 rings (SSSR count). The van der Waals surface area contributed by atoms with Gasteiger partial charge in [0.05, 0.1) is 0 Å². The highest BCUT2D eigenvalue weighted by molar-refractivity contribution is 5.84. The van der Waals surface area contributed by atoms with Gasteiger partial charge >= 0.3 is 0 Å². The molecule has 1 aromatic heterocycles. The molecule has 5 heteroatoms. The first-order valence-electron chi connectivity index (χ1n) is 9.20. The topological polar surface area (TPSA) is 54.5 Å². The fourth-order valence-corrected chi connectivity index (χ4v) is 3.32. The lowest BCUT2D eigenvalue weighted by Gasteiger charge is -2.32. The Labute approximate surface area is 155 Å². The van der Waals surface area contributed by atoms with Gasteiger partial charge in [-0.25, -0.2) is 4.98 Å². The second-order valence-corrected chi connectivity index (χ2v) is 7.05. The standard InChI is InChI=1S/C21H27N3O2/c1-21(12-6-7-14-26-21)20(25)23-15-18-11-8-13-22-19(18)24(2)16-17-9-4-3-5-10-17/h3-5,8-11,13H,6-7,12,14-16H2,1-2H3,(H,23,25). The van der Waals surface area contributed by atoms with Crippen LogP contribution in [0.2, 0.25) is 0 Å². The second kappa shape index (κ2) is 8.32. The van der Waals surface area contributed by atoms with Crippen molar-refractivity contribution < 1.29 is 9.53 Å². The molecule has 5 nitrogen and oxygen atoms in total. The van der Waals surface area contributed by atoms with E-state index in [2.05, 4.69) is 27.3 Å². The van der Waals surface area contributed by atoms with Gasteiger partial charge in [-0.05, 0) is 37.8 Å². The van der Waals surface area contributed by atoms with Crippen molar-refractivity contribution in [2.24, 2.45) is 0 Å². The quantitative estimate of drug-likeness (QED) is 0.866. The minimum Gasteiger partial charge on any atom is -0.365 e. The summed E-state index contributed by atoms with van der Waals surface area (Å²) >= 11 is 0. The molecule has 0 saturated carbocycles. The highest BCUT2D eigenvalue weighted by Gasteiger charge is 2.35. The number of nitrogens with zero attached hydrogens (tertiary/aromatic N) is 2. The van der Waals surface area contributed by atoms with Gasteiger partial charge in [0.15, 0.2) is 0 Å². The average molecular weight is 353 g/mol. The molecule has 1 aliphatic rings. The van der Waals surface area contributed by atoms with Crippen LogP contribution in [0.1, 0.15) is 37.3 Å². The van der Waals surface area contributed by atoms with Crippen LogP contribution < -0.4 is 10.2 Å². The maximum absolute atomic E-state index is 12.6. The molecule has 2 heterocycles.